The Bertz CT molecular complexity index is 757. The van der Waals surface area contributed by atoms with E-state index in [1.807, 2.05) is 0 Å². The van der Waals surface area contributed by atoms with Crippen LogP contribution in [0.25, 0.3) is 0 Å². The maximum absolute atomic E-state index is 12.0. The minimum Gasteiger partial charge on any atom is -0.467 e. The smallest absolute Gasteiger partial charge is 0.408 e. The fourth-order valence-corrected chi connectivity index (χ4v) is 2.16. The van der Waals surface area contributed by atoms with Crippen molar-refractivity contribution >= 4 is 12.1 Å². The number of rotatable bonds is 6. The van der Waals surface area contributed by atoms with Crippen molar-refractivity contribution in [2.75, 3.05) is 7.11 Å². The zero-order chi connectivity index (χ0) is 19.9. The van der Waals surface area contributed by atoms with Gasteiger partial charge in [0.1, 0.15) is 17.4 Å². The molecule has 1 N–H and O–H groups in total. The van der Waals surface area contributed by atoms with Crippen LogP contribution in [0.3, 0.4) is 0 Å². The lowest BCUT2D eigenvalue weighted by atomic mass is 10.1. The van der Waals surface area contributed by atoms with Crippen LogP contribution >= 0.6 is 0 Å². The molecule has 2 aromatic rings. The second-order valence-corrected chi connectivity index (χ2v) is 6.70. The van der Waals surface area contributed by atoms with Gasteiger partial charge < -0.3 is 19.5 Å². The van der Waals surface area contributed by atoms with E-state index in [0.29, 0.717) is 5.75 Å². The molecule has 0 radical (unpaired) electrons. The van der Waals surface area contributed by atoms with Gasteiger partial charge >= 0.3 is 18.1 Å². The fraction of sp³-hybridized carbons (Fsp3) is 0.368. The third kappa shape index (κ3) is 6.93. The number of benzene rings is 1. The molecule has 1 aromatic heterocycles. The maximum Gasteiger partial charge on any atom is 0.408 e. The number of ether oxygens (including phenoxy) is 3. The minimum absolute atomic E-state index is 0.240. The number of carbonyl (C=O) groups excluding carboxylic acids is 2. The molecular weight excluding hydrogens is 350 g/mol. The Morgan fingerprint density at radius 1 is 1.11 bits per heavy atom. The summed E-state index contributed by atoms with van der Waals surface area (Å²) in [4.78, 5) is 31.9. The molecule has 0 unspecified atom stereocenters. The van der Waals surface area contributed by atoms with Gasteiger partial charge in [0.15, 0.2) is 0 Å². The highest BCUT2D eigenvalue weighted by molar-refractivity contribution is 5.81. The predicted octanol–water partition coefficient (Wildman–Crippen LogP) is 2.88. The van der Waals surface area contributed by atoms with Crippen LogP contribution in [0.5, 0.6) is 11.8 Å². The average molecular weight is 373 g/mol. The molecule has 0 fully saturated rings. The highest BCUT2D eigenvalue weighted by Crippen LogP contribution is 2.18. The van der Waals surface area contributed by atoms with Crippen molar-refractivity contribution in [1.82, 2.24) is 15.3 Å². The Balaban J connectivity index is 2.02. The number of hydrogen-bond acceptors (Lipinski definition) is 7. The van der Waals surface area contributed by atoms with Crippen LogP contribution in [0, 0.1) is 0 Å². The Hall–Kier alpha value is -3.16. The van der Waals surface area contributed by atoms with E-state index >= 15 is 0 Å². The topological polar surface area (TPSA) is 99.6 Å². The molecule has 1 atom stereocenters. The van der Waals surface area contributed by atoms with Crippen LogP contribution in [0.4, 0.5) is 4.79 Å². The van der Waals surface area contributed by atoms with Crippen molar-refractivity contribution in [3.8, 4) is 11.8 Å². The number of carbonyl (C=O) groups is 2. The number of amides is 1. The Morgan fingerprint density at radius 3 is 2.30 bits per heavy atom. The van der Waals surface area contributed by atoms with Crippen LogP contribution in [0.1, 0.15) is 26.3 Å². The second kappa shape index (κ2) is 8.98. The number of esters is 1. The number of alkyl carbamates (subject to hydrolysis) is 1. The van der Waals surface area contributed by atoms with Crippen molar-refractivity contribution in [2.24, 2.45) is 0 Å². The lowest BCUT2D eigenvalue weighted by Gasteiger charge is -2.22. The second-order valence-electron chi connectivity index (χ2n) is 6.70. The molecular formula is C19H23N3O5. The van der Waals surface area contributed by atoms with Gasteiger partial charge in [-0.05, 0) is 44.5 Å². The van der Waals surface area contributed by atoms with Crippen molar-refractivity contribution in [3.05, 3.63) is 48.3 Å². The normalized spacial score (nSPS) is 12.0. The number of aromatic nitrogens is 2. The van der Waals surface area contributed by atoms with Gasteiger partial charge in [0.25, 0.3) is 0 Å². The lowest BCUT2D eigenvalue weighted by Crippen LogP contribution is -2.45. The molecule has 144 valence electrons. The Kier molecular flexibility index (Phi) is 6.70. The monoisotopic (exact) mass is 373 g/mol. The maximum atomic E-state index is 12.0. The summed E-state index contributed by atoms with van der Waals surface area (Å²) < 4.78 is 15.5. The van der Waals surface area contributed by atoms with Crippen LogP contribution < -0.4 is 10.1 Å². The molecule has 2 rings (SSSR count). The summed E-state index contributed by atoms with van der Waals surface area (Å²) in [6.07, 6.45) is 2.73. The summed E-state index contributed by atoms with van der Waals surface area (Å²) in [6, 6.07) is 8.09. The number of methoxy groups -OCH3 is 1. The summed E-state index contributed by atoms with van der Waals surface area (Å²) in [7, 11) is 1.27. The number of nitrogens with zero attached hydrogens (tertiary/aromatic N) is 2. The first-order chi connectivity index (χ1) is 12.8. The third-order valence-electron chi connectivity index (χ3n) is 3.29. The van der Waals surface area contributed by atoms with Crippen molar-refractivity contribution in [1.29, 1.82) is 0 Å². The number of hydrogen-bond donors (Lipinski definition) is 1. The molecule has 27 heavy (non-hydrogen) atoms. The SMILES string of the molecule is COC(=O)[C@H](Cc1ccc(Oc2ncccn2)cc1)NC(=O)OC(C)(C)C. The van der Waals surface area contributed by atoms with E-state index in [9.17, 15) is 9.59 Å². The Labute approximate surface area is 157 Å². The van der Waals surface area contributed by atoms with Gasteiger partial charge in [-0.25, -0.2) is 19.6 Å². The number of nitrogens with one attached hydrogen (secondary N) is 1. The van der Waals surface area contributed by atoms with E-state index < -0.39 is 23.7 Å². The molecule has 0 spiro atoms. The van der Waals surface area contributed by atoms with E-state index in [1.165, 1.54) is 7.11 Å². The van der Waals surface area contributed by atoms with E-state index in [4.69, 9.17) is 14.2 Å². The van der Waals surface area contributed by atoms with Crippen LogP contribution in [0.2, 0.25) is 0 Å². The highest BCUT2D eigenvalue weighted by atomic mass is 16.6. The fourth-order valence-electron chi connectivity index (χ4n) is 2.16. The van der Waals surface area contributed by atoms with Gasteiger partial charge in [-0.15, -0.1) is 0 Å². The minimum atomic E-state index is -0.867. The van der Waals surface area contributed by atoms with E-state index in [1.54, 1.807) is 63.5 Å². The van der Waals surface area contributed by atoms with Gasteiger partial charge in [0, 0.05) is 18.8 Å². The van der Waals surface area contributed by atoms with Crippen LogP contribution in [0.15, 0.2) is 42.7 Å². The quantitative estimate of drug-likeness (QED) is 0.777. The van der Waals surface area contributed by atoms with Gasteiger partial charge in [0.05, 0.1) is 7.11 Å². The molecule has 0 saturated carbocycles. The molecule has 0 aliphatic carbocycles. The van der Waals surface area contributed by atoms with Gasteiger partial charge in [-0.3, -0.25) is 0 Å². The summed E-state index contributed by atoms with van der Waals surface area (Å²) >= 11 is 0. The summed E-state index contributed by atoms with van der Waals surface area (Å²) in [5.74, 6) is -0.00135. The molecule has 0 aliphatic heterocycles. The third-order valence-corrected chi connectivity index (χ3v) is 3.29. The molecule has 8 heteroatoms. The largest absolute Gasteiger partial charge is 0.467 e. The summed E-state index contributed by atoms with van der Waals surface area (Å²) in [5.41, 5.74) is 0.145. The molecule has 8 nitrogen and oxygen atoms in total. The van der Waals surface area contributed by atoms with E-state index in [-0.39, 0.29) is 12.4 Å². The van der Waals surface area contributed by atoms with Crippen LogP contribution in [-0.4, -0.2) is 40.8 Å². The zero-order valence-electron chi connectivity index (χ0n) is 15.8. The first kappa shape index (κ1) is 20.2. The van der Waals surface area contributed by atoms with Crippen molar-refractivity contribution in [3.63, 3.8) is 0 Å². The van der Waals surface area contributed by atoms with E-state index in [2.05, 4.69) is 15.3 Å². The summed E-state index contributed by atoms with van der Waals surface area (Å²) in [6.45, 7) is 5.23. The van der Waals surface area contributed by atoms with Gasteiger partial charge in [-0.1, -0.05) is 12.1 Å². The zero-order valence-corrected chi connectivity index (χ0v) is 15.8. The molecule has 0 saturated heterocycles. The van der Waals surface area contributed by atoms with Crippen LogP contribution in [-0.2, 0) is 20.7 Å². The highest BCUT2D eigenvalue weighted by Gasteiger charge is 2.25. The van der Waals surface area contributed by atoms with Crippen molar-refractivity contribution < 1.29 is 23.8 Å². The molecule has 1 heterocycles. The first-order valence-corrected chi connectivity index (χ1v) is 8.38. The Morgan fingerprint density at radius 2 is 1.74 bits per heavy atom. The first-order valence-electron chi connectivity index (χ1n) is 8.38. The van der Waals surface area contributed by atoms with Crippen molar-refractivity contribution in [2.45, 2.75) is 38.8 Å². The molecule has 0 aliphatic rings. The van der Waals surface area contributed by atoms with E-state index in [0.717, 1.165) is 5.56 Å². The lowest BCUT2D eigenvalue weighted by molar-refractivity contribution is -0.143. The molecule has 0 bridgehead atoms. The molecule has 1 amide bonds. The standard InChI is InChI=1S/C19H23N3O5/c1-19(2,3)27-18(24)22-15(16(23)25-4)12-13-6-8-14(9-7-13)26-17-20-10-5-11-21-17/h5-11,15H,12H2,1-4H3,(H,22,24)/t15-/m0/s1. The predicted molar refractivity (Wildman–Crippen MR) is 97.4 cm³/mol. The molecule has 1 aromatic carbocycles. The van der Waals surface area contributed by atoms with Gasteiger partial charge in [-0.2, -0.15) is 0 Å². The summed E-state index contributed by atoms with van der Waals surface area (Å²) in [5, 5.41) is 2.54. The van der Waals surface area contributed by atoms with Gasteiger partial charge in [0.2, 0.25) is 0 Å². The average Bonchev–Trinajstić information content (AvgIpc) is 2.61.